The molecule has 2 aromatic rings. The minimum atomic E-state index is 0.170. The maximum atomic E-state index is 12.4. The molecule has 0 aliphatic carbocycles. The van der Waals surface area contributed by atoms with Crippen molar-refractivity contribution in [2.24, 2.45) is 0 Å². The maximum Gasteiger partial charge on any atom is 0.263 e. The number of carbonyl (C=O) groups excluding carboxylic acids is 1. The summed E-state index contributed by atoms with van der Waals surface area (Å²) in [6.45, 7) is 6.48. The number of thiophene rings is 1. The smallest absolute Gasteiger partial charge is 0.263 e. The van der Waals surface area contributed by atoms with Crippen molar-refractivity contribution in [1.29, 1.82) is 0 Å². The van der Waals surface area contributed by atoms with Crippen molar-refractivity contribution in [2.45, 2.75) is 26.3 Å². The number of furan rings is 1. The monoisotopic (exact) mass is 318 g/mol. The average molecular weight is 318 g/mol. The predicted octanol–water partition coefficient (Wildman–Crippen LogP) is 3.25. The summed E-state index contributed by atoms with van der Waals surface area (Å²) in [5, 5.41) is 1.96. The first-order valence-corrected chi connectivity index (χ1v) is 8.77. The molecule has 1 fully saturated rings. The summed E-state index contributed by atoms with van der Waals surface area (Å²) in [5.41, 5.74) is 0. The molecule has 1 saturated heterocycles. The normalized spacial score (nSPS) is 16.7. The summed E-state index contributed by atoms with van der Waals surface area (Å²) in [4.78, 5) is 17.6. The molecule has 0 saturated carbocycles. The van der Waals surface area contributed by atoms with E-state index in [9.17, 15) is 4.79 Å². The number of hydrogen-bond acceptors (Lipinski definition) is 4. The summed E-state index contributed by atoms with van der Waals surface area (Å²) in [6, 6.07) is 7.97. The molecule has 2 aromatic heterocycles. The molecule has 0 bridgehead atoms. The van der Waals surface area contributed by atoms with Crippen LogP contribution in [0.15, 0.2) is 34.1 Å². The van der Waals surface area contributed by atoms with E-state index in [1.807, 2.05) is 22.4 Å². The van der Waals surface area contributed by atoms with E-state index in [1.54, 1.807) is 0 Å². The number of amides is 1. The lowest BCUT2D eigenvalue weighted by Gasteiger charge is -2.21. The summed E-state index contributed by atoms with van der Waals surface area (Å²) >= 11 is 1.52. The lowest BCUT2D eigenvalue weighted by atomic mass is 10.3. The topological polar surface area (TPSA) is 36.7 Å². The standard InChI is InChI=1S/C17H22N2O2S/c1-2-14-6-7-15(21-14)13-18-8-4-9-19(11-10-18)17(20)16-5-3-12-22-16/h3,5-7,12H,2,4,8-11,13H2,1H3. The molecule has 0 radical (unpaired) electrons. The first-order valence-electron chi connectivity index (χ1n) is 7.89. The van der Waals surface area contributed by atoms with Crippen LogP contribution in [0, 0.1) is 0 Å². The molecule has 0 spiro atoms. The third kappa shape index (κ3) is 3.59. The predicted molar refractivity (Wildman–Crippen MR) is 88.2 cm³/mol. The van der Waals surface area contributed by atoms with Crippen LogP contribution in [0.2, 0.25) is 0 Å². The van der Waals surface area contributed by atoms with Gasteiger partial charge < -0.3 is 9.32 Å². The Balaban J connectivity index is 1.56. The second-order valence-electron chi connectivity index (χ2n) is 5.62. The Morgan fingerprint density at radius 1 is 1.18 bits per heavy atom. The fourth-order valence-electron chi connectivity index (χ4n) is 2.81. The van der Waals surface area contributed by atoms with Crippen molar-refractivity contribution in [3.8, 4) is 0 Å². The maximum absolute atomic E-state index is 12.4. The number of rotatable bonds is 4. The van der Waals surface area contributed by atoms with E-state index in [0.29, 0.717) is 0 Å². The quantitative estimate of drug-likeness (QED) is 0.868. The highest BCUT2D eigenvalue weighted by atomic mass is 32.1. The van der Waals surface area contributed by atoms with Gasteiger partial charge in [0.15, 0.2) is 0 Å². The van der Waals surface area contributed by atoms with Crippen LogP contribution in [0.5, 0.6) is 0 Å². The molecule has 0 aromatic carbocycles. The molecule has 1 aliphatic rings. The fourth-order valence-corrected chi connectivity index (χ4v) is 3.50. The van der Waals surface area contributed by atoms with Crippen LogP contribution in [0.3, 0.4) is 0 Å². The van der Waals surface area contributed by atoms with Gasteiger partial charge in [-0.3, -0.25) is 9.69 Å². The molecule has 22 heavy (non-hydrogen) atoms. The first-order chi connectivity index (χ1) is 10.8. The fraction of sp³-hybridized carbons (Fsp3) is 0.471. The van der Waals surface area contributed by atoms with Crippen molar-refractivity contribution in [1.82, 2.24) is 9.80 Å². The minimum Gasteiger partial charge on any atom is -0.465 e. The molecule has 3 heterocycles. The van der Waals surface area contributed by atoms with E-state index in [1.165, 1.54) is 11.3 Å². The van der Waals surface area contributed by atoms with Crippen LogP contribution in [-0.4, -0.2) is 41.9 Å². The van der Waals surface area contributed by atoms with Gasteiger partial charge in [-0.15, -0.1) is 11.3 Å². The Hall–Kier alpha value is -1.59. The van der Waals surface area contributed by atoms with Crippen LogP contribution in [-0.2, 0) is 13.0 Å². The van der Waals surface area contributed by atoms with Gasteiger partial charge in [0.05, 0.1) is 11.4 Å². The Morgan fingerprint density at radius 3 is 2.77 bits per heavy atom. The van der Waals surface area contributed by atoms with Crippen molar-refractivity contribution in [3.63, 3.8) is 0 Å². The highest BCUT2D eigenvalue weighted by Crippen LogP contribution is 2.16. The Bertz CT molecular complexity index is 606. The second-order valence-corrected chi connectivity index (χ2v) is 6.57. The van der Waals surface area contributed by atoms with Gasteiger partial charge in [0.2, 0.25) is 0 Å². The van der Waals surface area contributed by atoms with E-state index in [0.717, 1.165) is 62.0 Å². The molecule has 118 valence electrons. The van der Waals surface area contributed by atoms with E-state index >= 15 is 0 Å². The summed E-state index contributed by atoms with van der Waals surface area (Å²) in [6.07, 6.45) is 1.95. The van der Waals surface area contributed by atoms with Gasteiger partial charge in [0.1, 0.15) is 11.5 Å². The Labute approximate surface area is 135 Å². The number of aryl methyl sites for hydroxylation is 1. The summed E-state index contributed by atoms with van der Waals surface area (Å²) in [5.74, 6) is 2.23. The van der Waals surface area contributed by atoms with Gasteiger partial charge in [-0.25, -0.2) is 0 Å². The van der Waals surface area contributed by atoms with Crippen LogP contribution in [0.4, 0.5) is 0 Å². The zero-order chi connectivity index (χ0) is 15.4. The third-order valence-electron chi connectivity index (χ3n) is 4.05. The van der Waals surface area contributed by atoms with Crippen LogP contribution >= 0.6 is 11.3 Å². The van der Waals surface area contributed by atoms with Crippen molar-refractivity contribution >= 4 is 17.2 Å². The van der Waals surface area contributed by atoms with E-state index in [4.69, 9.17) is 4.42 Å². The lowest BCUT2D eigenvalue weighted by molar-refractivity contribution is 0.0765. The first kappa shape index (κ1) is 15.3. The van der Waals surface area contributed by atoms with Crippen molar-refractivity contribution in [2.75, 3.05) is 26.2 Å². The molecule has 1 amide bonds. The second kappa shape index (κ2) is 7.11. The molecular formula is C17H22N2O2S. The van der Waals surface area contributed by atoms with E-state index in [2.05, 4.69) is 24.0 Å². The molecule has 4 nitrogen and oxygen atoms in total. The van der Waals surface area contributed by atoms with Crippen LogP contribution in [0.25, 0.3) is 0 Å². The third-order valence-corrected chi connectivity index (χ3v) is 4.91. The number of hydrogen-bond donors (Lipinski definition) is 0. The molecule has 0 unspecified atom stereocenters. The van der Waals surface area contributed by atoms with Crippen molar-refractivity contribution < 1.29 is 9.21 Å². The molecule has 5 heteroatoms. The molecule has 1 aliphatic heterocycles. The van der Waals surface area contributed by atoms with Gasteiger partial charge in [0.25, 0.3) is 5.91 Å². The lowest BCUT2D eigenvalue weighted by Crippen LogP contribution is -2.34. The van der Waals surface area contributed by atoms with Gasteiger partial charge in [-0.1, -0.05) is 13.0 Å². The number of carbonyl (C=O) groups is 1. The average Bonchev–Trinajstić information content (AvgIpc) is 3.16. The van der Waals surface area contributed by atoms with Crippen LogP contribution in [0.1, 0.15) is 34.5 Å². The van der Waals surface area contributed by atoms with Gasteiger partial charge in [-0.2, -0.15) is 0 Å². The van der Waals surface area contributed by atoms with Gasteiger partial charge in [-0.05, 0) is 30.0 Å². The Kier molecular flexibility index (Phi) is 4.95. The van der Waals surface area contributed by atoms with Crippen LogP contribution < -0.4 is 0 Å². The Morgan fingerprint density at radius 2 is 2.05 bits per heavy atom. The SMILES string of the molecule is CCc1ccc(CN2CCCN(C(=O)c3cccs3)CC2)o1. The minimum absolute atomic E-state index is 0.170. The highest BCUT2D eigenvalue weighted by Gasteiger charge is 2.21. The number of nitrogens with zero attached hydrogens (tertiary/aromatic N) is 2. The summed E-state index contributed by atoms with van der Waals surface area (Å²) < 4.78 is 5.79. The molecule has 3 rings (SSSR count). The molecule has 0 atom stereocenters. The van der Waals surface area contributed by atoms with Gasteiger partial charge >= 0.3 is 0 Å². The highest BCUT2D eigenvalue weighted by molar-refractivity contribution is 7.12. The van der Waals surface area contributed by atoms with Crippen molar-refractivity contribution in [3.05, 3.63) is 46.0 Å². The zero-order valence-corrected chi connectivity index (χ0v) is 13.8. The van der Waals surface area contributed by atoms with Gasteiger partial charge in [0, 0.05) is 32.6 Å². The molecular weight excluding hydrogens is 296 g/mol. The molecule has 0 N–H and O–H groups in total. The zero-order valence-electron chi connectivity index (χ0n) is 13.0. The largest absolute Gasteiger partial charge is 0.465 e. The summed E-state index contributed by atoms with van der Waals surface area (Å²) in [7, 11) is 0. The van der Waals surface area contributed by atoms with E-state index in [-0.39, 0.29) is 5.91 Å². The van der Waals surface area contributed by atoms with E-state index < -0.39 is 0 Å².